The van der Waals surface area contributed by atoms with Crippen LogP contribution in [0, 0.1) is 0 Å². The maximum Gasteiger partial charge on any atom is 0.338 e. The Morgan fingerprint density at radius 2 is 1.96 bits per heavy atom. The molecule has 2 aliphatic rings. The van der Waals surface area contributed by atoms with Crippen LogP contribution in [0.2, 0.25) is 0 Å². The molecule has 2 aliphatic heterocycles. The van der Waals surface area contributed by atoms with E-state index in [4.69, 9.17) is 4.74 Å². The van der Waals surface area contributed by atoms with Gasteiger partial charge in [-0.2, -0.15) is 0 Å². The van der Waals surface area contributed by atoms with Crippen molar-refractivity contribution in [3.05, 3.63) is 41.1 Å². The summed E-state index contributed by atoms with van der Waals surface area (Å²) in [5.74, 6) is -0.381. The van der Waals surface area contributed by atoms with Gasteiger partial charge in [0.1, 0.15) is 0 Å². The Morgan fingerprint density at radius 1 is 1.27 bits per heavy atom. The lowest BCUT2D eigenvalue weighted by Crippen LogP contribution is -2.48. The summed E-state index contributed by atoms with van der Waals surface area (Å²) in [7, 11) is 0. The molecular formula is C19H25N3O3S. The molecule has 1 aromatic rings. The lowest BCUT2D eigenvalue weighted by atomic mass is 9.95. The van der Waals surface area contributed by atoms with E-state index in [1.807, 2.05) is 30.5 Å². The van der Waals surface area contributed by atoms with Gasteiger partial charge in [-0.3, -0.25) is 4.90 Å². The smallest absolute Gasteiger partial charge is 0.338 e. The predicted molar refractivity (Wildman–Crippen MR) is 102 cm³/mol. The largest absolute Gasteiger partial charge is 0.463 e. The van der Waals surface area contributed by atoms with E-state index in [1.165, 1.54) is 0 Å². The topological polar surface area (TPSA) is 70.7 Å². The average molecular weight is 375 g/mol. The van der Waals surface area contributed by atoms with Crippen molar-refractivity contribution in [1.82, 2.24) is 15.5 Å². The van der Waals surface area contributed by atoms with Gasteiger partial charge in [0.2, 0.25) is 0 Å². The molecule has 0 aliphatic carbocycles. The van der Waals surface area contributed by atoms with Crippen molar-refractivity contribution < 1.29 is 14.3 Å². The third kappa shape index (κ3) is 4.22. The van der Waals surface area contributed by atoms with Crippen molar-refractivity contribution in [3.63, 3.8) is 0 Å². The van der Waals surface area contributed by atoms with Gasteiger partial charge in [0.25, 0.3) is 0 Å². The zero-order chi connectivity index (χ0) is 18.5. The number of rotatable bonds is 6. The SMILES string of the molecule is CCOC(=O)C1=C(CN2CCCC2)NC(=O)N[C@H]1c1ccc(SC)cc1. The van der Waals surface area contributed by atoms with Crippen molar-refractivity contribution in [2.24, 2.45) is 0 Å². The highest BCUT2D eigenvalue weighted by molar-refractivity contribution is 7.98. The van der Waals surface area contributed by atoms with E-state index in [0.29, 0.717) is 24.4 Å². The number of thioether (sulfide) groups is 1. The molecule has 0 spiro atoms. The summed E-state index contributed by atoms with van der Waals surface area (Å²) in [5, 5.41) is 5.72. The Hall–Kier alpha value is -1.99. The van der Waals surface area contributed by atoms with Crippen molar-refractivity contribution in [3.8, 4) is 0 Å². The highest BCUT2D eigenvalue weighted by Gasteiger charge is 2.34. The van der Waals surface area contributed by atoms with Crippen molar-refractivity contribution in [2.75, 3.05) is 32.5 Å². The number of nitrogens with one attached hydrogen (secondary N) is 2. The summed E-state index contributed by atoms with van der Waals surface area (Å²) in [6.07, 6.45) is 4.31. The van der Waals surface area contributed by atoms with Crippen LogP contribution in [0.15, 0.2) is 40.4 Å². The number of nitrogens with zero attached hydrogens (tertiary/aromatic N) is 1. The number of amides is 2. The van der Waals surface area contributed by atoms with Crippen LogP contribution in [0.3, 0.4) is 0 Å². The first-order valence-corrected chi connectivity index (χ1v) is 10.2. The molecule has 3 rings (SSSR count). The number of benzene rings is 1. The average Bonchev–Trinajstić information content (AvgIpc) is 3.14. The van der Waals surface area contributed by atoms with Gasteiger partial charge in [0.05, 0.1) is 18.2 Å². The predicted octanol–water partition coefficient (Wildman–Crippen LogP) is 2.68. The second-order valence-electron chi connectivity index (χ2n) is 6.40. The molecule has 140 valence electrons. The summed E-state index contributed by atoms with van der Waals surface area (Å²) in [6.45, 7) is 4.61. The fraction of sp³-hybridized carbons (Fsp3) is 0.474. The molecule has 1 fully saturated rings. The minimum absolute atomic E-state index is 0.286. The normalized spacial score (nSPS) is 20.7. The zero-order valence-corrected chi connectivity index (χ0v) is 16.0. The van der Waals surface area contributed by atoms with E-state index in [2.05, 4.69) is 15.5 Å². The molecule has 0 aromatic heterocycles. The van der Waals surface area contributed by atoms with Crippen LogP contribution in [0.1, 0.15) is 31.4 Å². The first kappa shape index (κ1) is 18.8. The molecule has 2 heterocycles. The van der Waals surface area contributed by atoms with Crippen molar-refractivity contribution >= 4 is 23.8 Å². The molecule has 1 atom stereocenters. The second kappa shape index (κ2) is 8.60. The van der Waals surface area contributed by atoms with E-state index >= 15 is 0 Å². The highest BCUT2D eigenvalue weighted by Crippen LogP contribution is 2.29. The first-order valence-electron chi connectivity index (χ1n) is 8.96. The first-order chi connectivity index (χ1) is 12.6. The van der Waals surface area contributed by atoms with E-state index < -0.39 is 6.04 Å². The molecule has 26 heavy (non-hydrogen) atoms. The summed E-state index contributed by atoms with van der Waals surface area (Å²) in [5.41, 5.74) is 2.02. The van der Waals surface area contributed by atoms with E-state index in [0.717, 1.165) is 36.4 Å². The van der Waals surface area contributed by atoms with Crippen LogP contribution in [0.4, 0.5) is 4.79 Å². The minimum atomic E-state index is -0.503. The summed E-state index contributed by atoms with van der Waals surface area (Å²) in [4.78, 5) is 28.3. The van der Waals surface area contributed by atoms with Gasteiger partial charge in [-0.1, -0.05) is 12.1 Å². The third-order valence-corrected chi connectivity index (χ3v) is 5.42. The van der Waals surface area contributed by atoms with Crippen LogP contribution in [-0.2, 0) is 9.53 Å². The molecule has 0 saturated carbocycles. The van der Waals surface area contributed by atoms with Crippen LogP contribution in [0.5, 0.6) is 0 Å². The maximum absolute atomic E-state index is 12.7. The van der Waals surface area contributed by atoms with Crippen molar-refractivity contribution in [1.29, 1.82) is 0 Å². The Balaban J connectivity index is 1.97. The van der Waals surface area contributed by atoms with E-state index in [1.54, 1.807) is 18.7 Å². The summed E-state index contributed by atoms with van der Waals surface area (Å²) < 4.78 is 5.30. The fourth-order valence-electron chi connectivity index (χ4n) is 3.40. The van der Waals surface area contributed by atoms with Gasteiger partial charge in [0, 0.05) is 17.1 Å². The number of carbonyl (C=O) groups is 2. The monoisotopic (exact) mass is 375 g/mol. The number of carbonyl (C=O) groups excluding carboxylic acids is 2. The number of esters is 1. The Morgan fingerprint density at radius 3 is 2.58 bits per heavy atom. The summed E-state index contributed by atoms with van der Waals surface area (Å²) in [6, 6.07) is 7.11. The van der Waals surface area contributed by atoms with Crippen LogP contribution < -0.4 is 10.6 Å². The third-order valence-electron chi connectivity index (χ3n) is 4.68. The van der Waals surface area contributed by atoms with Gasteiger partial charge in [-0.05, 0) is 56.8 Å². The minimum Gasteiger partial charge on any atom is -0.463 e. The van der Waals surface area contributed by atoms with Gasteiger partial charge < -0.3 is 15.4 Å². The van der Waals surface area contributed by atoms with Crippen LogP contribution in [0.25, 0.3) is 0 Å². The zero-order valence-electron chi connectivity index (χ0n) is 15.2. The van der Waals surface area contributed by atoms with Gasteiger partial charge in [-0.25, -0.2) is 9.59 Å². The number of likely N-dealkylation sites (tertiary alicyclic amines) is 1. The molecule has 2 N–H and O–H groups in total. The molecule has 0 unspecified atom stereocenters. The molecule has 0 radical (unpaired) electrons. The van der Waals surface area contributed by atoms with Gasteiger partial charge >= 0.3 is 12.0 Å². The number of hydrogen-bond donors (Lipinski definition) is 2. The molecule has 0 bridgehead atoms. The summed E-state index contributed by atoms with van der Waals surface area (Å²) >= 11 is 1.65. The van der Waals surface area contributed by atoms with Crippen molar-refractivity contribution in [2.45, 2.75) is 30.7 Å². The van der Waals surface area contributed by atoms with Gasteiger partial charge in [-0.15, -0.1) is 11.8 Å². The Bertz CT molecular complexity index is 696. The molecule has 2 amide bonds. The number of hydrogen-bond acceptors (Lipinski definition) is 5. The lowest BCUT2D eigenvalue weighted by Gasteiger charge is -2.31. The quantitative estimate of drug-likeness (QED) is 0.591. The van der Waals surface area contributed by atoms with E-state index in [-0.39, 0.29) is 12.0 Å². The van der Waals surface area contributed by atoms with Gasteiger partial charge in [0.15, 0.2) is 0 Å². The van der Waals surface area contributed by atoms with Crippen LogP contribution >= 0.6 is 11.8 Å². The molecular weight excluding hydrogens is 350 g/mol. The van der Waals surface area contributed by atoms with Crippen LogP contribution in [-0.4, -0.2) is 49.4 Å². The number of urea groups is 1. The molecule has 1 saturated heterocycles. The molecule has 1 aromatic carbocycles. The number of ether oxygens (including phenoxy) is 1. The van der Waals surface area contributed by atoms with E-state index in [9.17, 15) is 9.59 Å². The second-order valence-corrected chi connectivity index (χ2v) is 7.28. The fourth-order valence-corrected chi connectivity index (χ4v) is 3.81. The standard InChI is InChI=1S/C19H25N3O3S/c1-3-25-18(23)16-15(12-22-10-4-5-11-22)20-19(24)21-17(16)13-6-8-14(26-2)9-7-13/h6-9,17H,3-5,10-12H2,1-2H3,(H2,20,21,24)/t17-/m0/s1. The Labute approximate surface area is 158 Å². The molecule has 7 heteroatoms. The Kier molecular flexibility index (Phi) is 6.21. The maximum atomic E-state index is 12.7. The molecule has 6 nitrogen and oxygen atoms in total. The highest BCUT2D eigenvalue weighted by atomic mass is 32.2. The lowest BCUT2D eigenvalue weighted by molar-refractivity contribution is -0.139.